The van der Waals surface area contributed by atoms with Gasteiger partial charge in [-0.25, -0.2) is 4.98 Å². The summed E-state index contributed by atoms with van der Waals surface area (Å²) < 4.78 is 5.23. The molecule has 1 aromatic rings. The van der Waals surface area contributed by atoms with E-state index in [0.717, 1.165) is 5.56 Å². The highest BCUT2D eigenvalue weighted by molar-refractivity contribution is 6.29. The van der Waals surface area contributed by atoms with Crippen LogP contribution in [-0.4, -0.2) is 11.6 Å². The number of nitrogens with two attached hydrogens (primary N) is 1. The van der Waals surface area contributed by atoms with Crippen LogP contribution in [0, 0.1) is 0 Å². The van der Waals surface area contributed by atoms with Crippen molar-refractivity contribution < 1.29 is 4.74 Å². The van der Waals surface area contributed by atoms with Gasteiger partial charge in [0.2, 0.25) is 5.88 Å². The van der Waals surface area contributed by atoms with E-state index in [9.17, 15) is 0 Å². The lowest BCUT2D eigenvalue weighted by Crippen LogP contribution is -2.03. The molecule has 0 atom stereocenters. The smallest absolute Gasteiger partial charge is 0.219 e. The van der Waals surface area contributed by atoms with Crippen LogP contribution in [-0.2, 0) is 6.54 Å². The van der Waals surface area contributed by atoms with Gasteiger partial charge in [0.15, 0.2) is 0 Å². The van der Waals surface area contributed by atoms with Crippen LogP contribution in [0.25, 0.3) is 0 Å². The van der Waals surface area contributed by atoms with Gasteiger partial charge in [-0.2, -0.15) is 0 Å². The molecule has 0 aromatic carbocycles. The molecule has 0 bridgehead atoms. The summed E-state index contributed by atoms with van der Waals surface area (Å²) in [5.74, 6) is 0.535. The van der Waals surface area contributed by atoms with Crippen LogP contribution >= 0.6 is 11.6 Å². The van der Waals surface area contributed by atoms with Crippen LogP contribution in [0.5, 0.6) is 5.88 Å². The van der Waals surface area contributed by atoms with Crippen molar-refractivity contribution in [2.75, 3.05) is 6.61 Å². The van der Waals surface area contributed by atoms with Gasteiger partial charge < -0.3 is 10.5 Å². The van der Waals surface area contributed by atoms with Crippen molar-refractivity contribution in [1.29, 1.82) is 0 Å². The van der Waals surface area contributed by atoms with E-state index in [0.29, 0.717) is 24.2 Å². The van der Waals surface area contributed by atoms with Gasteiger partial charge in [-0.1, -0.05) is 11.6 Å². The van der Waals surface area contributed by atoms with E-state index in [2.05, 4.69) is 4.98 Å². The maximum Gasteiger partial charge on any atom is 0.219 e. The third-order valence-corrected chi connectivity index (χ3v) is 1.62. The maximum atomic E-state index is 5.68. The molecule has 0 spiro atoms. The van der Waals surface area contributed by atoms with Gasteiger partial charge in [-0.05, 0) is 19.1 Å². The topological polar surface area (TPSA) is 48.1 Å². The average molecular weight is 187 g/mol. The fraction of sp³-hybridized carbons (Fsp3) is 0.375. The molecule has 0 aliphatic rings. The van der Waals surface area contributed by atoms with Crippen molar-refractivity contribution in [1.82, 2.24) is 4.98 Å². The summed E-state index contributed by atoms with van der Waals surface area (Å²) in [7, 11) is 0. The lowest BCUT2D eigenvalue weighted by Gasteiger charge is -2.06. The Morgan fingerprint density at radius 3 is 2.92 bits per heavy atom. The number of aromatic nitrogens is 1. The standard InChI is InChI=1S/C8H11ClN2O/c1-2-12-8-6(5-10)3-4-7(9)11-8/h3-4H,2,5,10H2,1H3. The molecule has 0 saturated heterocycles. The highest BCUT2D eigenvalue weighted by Crippen LogP contribution is 2.17. The third-order valence-electron chi connectivity index (χ3n) is 1.41. The first kappa shape index (κ1) is 9.29. The lowest BCUT2D eigenvalue weighted by atomic mass is 10.3. The minimum absolute atomic E-state index is 0.416. The van der Waals surface area contributed by atoms with Crippen LogP contribution in [0.4, 0.5) is 0 Å². The molecule has 66 valence electrons. The SMILES string of the molecule is CCOc1nc(Cl)ccc1CN. The quantitative estimate of drug-likeness (QED) is 0.730. The fourth-order valence-corrected chi connectivity index (χ4v) is 1.00. The van der Waals surface area contributed by atoms with Gasteiger partial charge in [0.05, 0.1) is 6.61 Å². The number of hydrogen-bond acceptors (Lipinski definition) is 3. The second kappa shape index (κ2) is 4.28. The normalized spacial score (nSPS) is 9.92. The molecule has 0 saturated carbocycles. The number of rotatable bonds is 3. The Kier molecular flexibility index (Phi) is 3.31. The van der Waals surface area contributed by atoms with Crippen molar-refractivity contribution in [3.8, 4) is 5.88 Å². The lowest BCUT2D eigenvalue weighted by molar-refractivity contribution is 0.323. The molecule has 1 rings (SSSR count). The summed E-state index contributed by atoms with van der Waals surface area (Å²) in [6.07, 6.45) is 0. The zero-order valence-corrected chi connectivity index (χ0v) is 7.64. The summed E-state index contributed by atoms with van der Waals surface area (Å²) in [5, 5.41) is 0.427. The summed E-state index contributed by atoms with van der Waals surface area (Å²) in [5.41, 5.74) is 6.34. The number of nitrogens with zero attached hydrogens (tertiary/aromatic N) is 1. The number of ether oxygens (including phenoxy) is 1. The molecular formula is C8H11ClN2O. The largest absolute Gasteiger partial charge is 0.478 e. The predicted octanol–water partition coefficient (Wildman–Crippen LogP) is 1.59. The van der Waals surface area contributed by atoms with Crippen molar-refractivity contribution in [2.24, 2.45) is 5.73 Å². The van der Waals surface area contributed by atoms with E-state index in [1.54, 1.807) is 6.07 Å². The summed E-state index contributed by atoms with van der Waals surface area (Å²) in [4.78, 5) is 4.00. The van der Waals surface area contributed by atoms with Gasteiger partial charge >= 0.3 is 0 Å². The van der Waals surface area contributed by atoms with Gasteiger partial charge in [0.25, 0.3) is 0 Å². The Balaban J connectivity index is 2.95. The van der Waals surface area contributed by atoms with E-state index in [1.807, 2.05) is 13.0 Å². The predicted molar refractivity (Wildman–Crippen MR) is 48.3 cm³/mol. The second-order valence-corrected chi connectivity index (χ2v) is 2.62. The monoisotopic (exact) mass is 186 g/mol. The highest BCUT2D eigenvalue weighted by Gasteiger charge is 2.03. The van der Waals surface area contributed by atoms with Crippen molar-refractivity contribution in [3.63, 3.8) is 0 Å². The summed E-state index contributed by atoms with van der Waals surface area (Å²) in [6.45, 7) is 2.88. The Morgan fingerprint density at radius 2 is 2.33 bits per heavy atom. The van der Waals surface area contributed by atoms with E-state index < -0.39 is 0 Å². The first-order chi connectivity index (χ1) is 5.77. The number of hydrogen-bond donors (Lipinski definition) is 1. The van der Waals surface area contributed by atoms with Gasteiger partial charge in [-0.15, -0.1) is 0 Å². The van der Waals surface area contributed by atoms with E-state index in [-0.39, 0.29) is 0 Å². The van der Waals surface area contributed by atoms with Gasteiger partial charge in [-0.3, -0.25) is 0 Å². The first-order valence-electron chi connectivity index (χ1n) is 3.76. The van der Waals surface area contributed by atoms with Gasteiger partial charge in [0, 0.05) is 12.1 Å². The Bertz CT molecular complexity index is 265. The molecule has 0 radical (unpaired) electrons. The maximum absolute atomic E-state index is 5.68. The molecule has 2 N–H and O–H groups in total. The zero-order valence-electron chi connectivity index (χ0n) is 6.88. The van der Waals surface area contributed by atoms with Crippen LogP contribution in [0.2, 0.25) is 5.15 Å². The Morgan fingerprint density at radius 1 is 1.58 bits per heavy atom. The minimum Gasteiger partial charge on any atom is -0.478 e. The molecule has 0 amide bonds. The zero-order chi connectivity index (χ0) is 8.97. The Hall–Kier alpha value is -0.800. The molecule has 3 nitrogen and oxygen atoms in total. The van der Waals surface area contributed by atoms with Crippen LogP contribution in [0.3, 0.4) is 0 Å². The molecular weight excluding hydrogens is 176 g/mol. The van der Waals surface area contributed by atoms with Crippen LogP contribution < -0.4 is 10.5 Å². The Labute approximate surface area is 76.5 Å². The summed E-state index contributed by atoms with van der Waals surface area (Å²) >= 11 is 5.68. The average Bonchev–Trinajstić information content (AvgIpc) is 2.05. The minimum atomic E-state index is 0.416. The fourth-order valence-electron chi connectivity index (χ4n) is 0.864. The second-order valence-electron chi connectivity index (χ2n) is 2.24. The van der Waals surface area contributed by atoms with Crippen molar-refractivity contribution >= 4 is 11.6 Å². The van der Waals surface area contributed by atoms with Crippen LogP contribution in [0.15, 0.2) is 12.1 Å². The highest BCUT2D eigenvalue weighted by atomic mass is 35.5. The molecule has 1 aromatic heterocycles. The molecule has 0 unspecified atom stereocenters. The number of halogens is 1. The van der Waals surface area contributed by atoms with Crippen molar-refractivity contribution in [2.45, 2.75) is 13.5 Å². The molecule has 0 fully saturated rings. The van der Waals surface area contributed by atoms with Crippen LogP contribution in [0.1, 0.15) is 12.5 Å². The molecule has 4 heteroatoms. The molecule has 0 aliphatic heterocycles. The number of pyridine rings is 1. The van der Waals surface area contributed by atoms with E-state index in [4.69, 9.17) is 22.1 Å². The van der Waals surface area contributed by atoms with E-state index in [1.165, 1.54) is 0 Å². The third kappa shape index (κ3) is 2.09. The molecule has 12 heavy (non-hydrogen) atoms. The van der Waals surface area contributed by atoms with E-state index >= 15 is 0 Å². The summed E-state index contributed by atoms with van der Waals surface area (Å²) in [6, 6.07) is 3.52. The van der Waals surface area contributed by atoms with Gasteiger partial charge in [0.1, 0.15) is 5.15 Å². The van der Waals surface area contributed by atoms with Crippen molar-refractivity contribution in [3.05, 3.63) is 22.8 Å². The molecule has 1 heterocycles. The first-order valence-corrected chi connectivity index (χ1v) is 4.14. The molecule has 0 aliphatic carbocycles.